The molecule has 0 aliphatic rings. The number of rotatable bonds is 15. The molecule has 1 amide bonds. The first-order chi connectivity index (χ1) is 21.4. The molecular weight excluding hydrogens is 560 g/mol. The predicted octanol–water partition coefficient (Wildman–Crippen LogP) is 6.41. The standard InChI is InChI=1S/C18H19NO4.C17H18O2.HNO/c20-14-19(23-13-16-9-5-2-6-10-16)12-17(18(21)22)11-15-7-3-1-4-8-15;18-17(19)16(13-15-9-5-2-6-10-15)12-11-14-7-3-1-4-8-14;1-2/h1-10,14,17H,11-13H2,(H,21,22);1-10,16H,11-13H2,(H,18,19);1H. The second-order valence-electron chi connectivity index (χ2n) is 9.94. The average molecular weight is 599 g/mol. The summed E-state index contributed by atoms with van der Waals surface area (Å²) in [4.78, 5) is 46.8. The largest absolute Gasteiger partial charge is 0.481 e. The molecule has 4 aromatic rings. The minimum Gasteiger partial charge on any atom is -0.481 e. The summed E-state index contributed by atoms with van der Waals surface area (Å²) < 4.78 is 0. The Balaban J connectivity index is 0.000000295. The Morgan fingerprint density at radius 3 is 1.43 bits per heavy atom. The third-order valence-electron chi connectivity index (χ3n) is 6.73. The number of hydrogen-bond acceptors (Lipinski definition) is 6. The SMILES string of the molecule is N=O.O=C(O)C(CCc1ccccc1)Cc1ccccc1.O=CN(CC(Cc1ccccc1)C(=O)O)OCc1ccccc1. The number of aryl methyl sites for hydroxylation is 1. The second-order valence-corrected chi connectivity index (χ2v) is 9.94. The van der Waals surface area contributed by atoms with Crippen molar-refractivity contribution in [3.05, 3.63) is 148 Å². The van der Waals surface area contributed by atoms with E-state index in [0.717, 1.165) is 28.2 Å². The van der Waals surface area contributed by atoms with Crippen LogP contribution in [0.4, 0.5) is 0 Å². The number of carbonyl (C=O) groups is 3. The Hall–Kier alpha value is -5.15. The number of nitrogens with zero attached hydrogens (tertiary/aromatic N) is 1. The molecule has 4 rings (SSSR count). The lowest BCUT2D eigenvalue weighted by Crippen LogP contribution is -2.33. The number of carboxylic acids is 2. The molecule has 4 aromatic carbocycles. The van der Waals surface area contributed by atoms with Gasteiger partial charge in [0.2, 0.25) is 6.41 Å². The molecule has 0 aromatic heterocycles. The number of nitroso groups, excluding NO2 is 1. The van der Waals surface area contributed by atoms with Gasteiger partial charge in [0.05, 0.1) is 18.4 Å². The molecule has 0 aliphatic carbocycles. The van der Waals surface area contributed by atoms with Gasteiger partial charge in [0.25, 0.3) is 0 Å². The van der Waals surface area contributed by atoms with Gasteiger partial charge in [-0.05, 0) is 47.9 Å². The van der Waals surface area contributed by atoms with Crippen LogP contribution in [0.1, 0.15) is 28.7 Å². The average Bonchev–Trinajstić information content (AvgIpc) is 3.07. The third-order valence-corrected chi connectivity index (χ3v) is 6.73. The Morgan fingerprint density at radius 1 is 0.636 bits per heavy atom. The molecule has 230 valence electrons. The first kappa shape index (κ1) is 35.0. The van der Waals surface area contributed by atoms with Gasteiger partial charge in [0, 0.05) is 0 Å². The lowest BCUT2D eigenvalue weighted by molar-refractivity contribution is -0.183. The van der Waals surface area contributed by atoms with Crippen LogP contribution in [0.15, 0.2) is 121 Å². The molecule has 0 radical (unpaired) electrons. The van der Waals surface area contributed by atoms with Crippen molar-refractivity contribution in [1.29, 1.82) is 5.59 Å². The van der Waals surface area contributed by atoms with Crippen LogP contribution in [-0.4, -0.2) is 40.2 Å². The molecule has 0 saturated carbocycles. The molecule has 0 heterocycles. The zero-order chi connectivity index (χ0) is 32.0. The van der Waals surface area contributed by atoms with Crippen molar-refractivity contribution in [2.75, 3.05) is 6.54 Å². The number of hydroxylamine groups is 2. The van der Waals surface area contributed by atoms with Crippen molar-refractivity contribution in [3.63, 3.8) is 0 Å². The topological polar surface area (TPSA) is 145 Å². The summed E-state index contributed by atoms with van der Waals surface area (Å²) in [6.07, 6.45) is 2.95. The highest BCUT2D eigenvalue weighted by Crippen LogP contribution is 2.16. The van der Waals surface area contributed by atoms with Crippen LogP contribution >= 0.6 is 0 Å². The van der Waals surface area contributed by atoms with E-state index in [2.05, 4.69) is 5.59 Å². The van der Waals surface area contributed by atoms with E-state index in [1.807, 2.05) is 121 Å². The highest BCUT2D eigenvalue weighted by Gasteiger charge is 2.22. The number of carbonyl (C=O) groups excluding carboxylic acids is 1. The number of aliphatic carboxylic acids is 2. The van der Waals surface area contributed by atoms with Gasteiger partial charge in [-0.15, -0.1) is 0 Å². The molecule has 0 saturated heterocycles. The van der Waals surface area contributed by atoms with Gasteiger partial charge in [-0.2, -0.15) is 4.91 Å². The van der Waals surface area contributed by atoms with Crippen molar-refractivity contribution in [2.45, 2.75) is 32.3 Å². The van der Waals surface area contributed by atoms with Crippen molar-refractivity contribution < 1.29 is 29.4 Å². The summed E-state index contributed by atoms with van der Waals surface area (Å²) in [7, 11) is 0. The third kappa shape index (κ3) is 13.7. The summed E-state index contributed by atoms with van der Waals surface area (Å²) in [5, 5.41) is 19.7. The normalized spacial score (nSPS) is 11.4. The first-order valence-corrected chi connectivity index (χ1v) is 14.1. The quantitative estimate of drug-likeness (QED) is 0.0814. The molecule has 44 heavy (non-hydrogen) atoms. The fourth-order valence-corrected chi connectivity index (χ4v) is 4.40. The number of amides is 1. The smallest absolute Gasteiger partial charge is 0.308 e. The Labute approximate surface area is 257 Å². The predicted molar refractivity (Wildman–Crippen MR) is 167 cm³/mol. The fraction of sp³-hybridized carbons (Fsp3) is 0.229. The molecule has 3 N–H and O–H groups in total. The minimum atomic E-state index is -0.955. The Bertz CT molecular complexity index is 1360. The molecule has 2 unspecified atom stereocenters. The maximum absolute atomic E-state index is 11.4. The number of hydrogen-bond donors (Lipinski definition) is 3. The monoisotopic (exact) mass is 598 g/mol. The highest BCUT2D eigenvalue weighted by molar-refractivity contribution is 5.71. The highest BCUT2D eigenvalue weighted by atomic mass is 16.7. The van der Waals surface area contributed by atoms with Crippen LogP contribution in [0.2, 0.25) is 0 Å². The van der Waals surface area contributed by atoms with Gasteiger partial charge in [-0.25, -0.2) is 5.06 Å². The maximum Gasteiger partial charge on any atom is 0.308 e. The lowest BCUT2D eigenvalue weighted by atomic mass is 9.93. The van der Waals surface area contributed by atoms with Crippen molar-refractivity contribution in [1.82, 2.24) is 5.06 Å². The molecule has 0 bridgehead atoms. The van der Waals surface area contributed by atoms with Crippen LogP contribution in [0.3, 0.4) is 0 Å². The van der Waals surface area contributed by atoms with E-state index in [-0.39, 0.29) is 19.1 Å². The Kier molecular flexibility index (Phi) is 16.5. The second kappa shape index (κ2) is 20.7. The molecule has 0 fully saturated rings. The summed E-state index contributed by atoms with van der Waals surface area (Å²) >= 11 is 0. The number of carboxylic acid groups (broad SMARTS) is 2. The maximum atomic E-state index is 11.4. The first-order valence-electron chi connectivity index (χ1n) is 14.1. The van der Waals surface area contributed by atoms with Crippen molar-refractivity contribution in [3.8, 4) is 0 Å². The van der Waals surface area contributed by atoms with Crippen LogP contribution in [0.5, 0.6) is 0 Å². The molecular formula is C35H38N2O7. The van der Waals surface area contributed by atoms with E-state index in [0.29, 0.717) is 25.7 Å². The summed E-state index contributed by atoms with van der Waals surface area (Å²) in [5.74, 6) is -2.70. The van der Waals surface area contributed by atoms with Gasteiger partial charge in [-0.1, -0.05) is 127 Å². The van der Waals surface area contributed by atoms with Gasteiger partial charge in [0.15, 0.2) is 0 Å². The van der Waals surface area contributed by atoms with E-state index in [9.17, 15) is 24.6 Å². The molecule has 9 nitrogen and oxygen atoms in total. The van der Waals surface area contributed by atoms with E-state index in [4.69, 9.17) is 9.74 Å². The number of nitrogens with one attached hydrogen (secondary N) is 1. The van der Waals surface area contributed by atoms with Crippen molar-refractivity contribution in [2.24, 2.45) is 11.8 Å². The van der Waals surface area contributed by atoms with Gasteiger partial charge in [-0.3, -0.25) is 19.2 Å². The zero-order valence-corrected chi connectivity index (χ0v) is 24.4. The van der Waals surface area contributed by atoms with Gasteiger partial charge >= 0.3 is 11.9 Å². The summed E-state index contributed by atoms with van der Waals surface area (Å²) in [5.41, 5.74) is 8.60. The minimum absolute atomic E-state index is 0.000557. The van der Waals surface area contributed by atoms with E-state index >= 15 is 0 Å². The molecule has 0 aliphatic heterocycles. The van der Waals surface area contributed by atoms with Crippen molar-refractivity contribution >= 4 is 18.3 Å². The van der Waals surface area contributed by atoms with E-state index in [1.165, 1.54) is 5.56 Å². The van der Waals surface area contributed by atoms with Crippen LogP contribution in [0.25, 0.3) is 0 Å². The van der Waals surface area contributed by atoms with Crippen LogP contribution in [-0.2, 0) is 45.1 Å². The van der Waals surface area contributed by atoms with Gasteiger partial charge in [0.1, 0.15) is 6.61 Å². The van der Waals surface area contributed by atoms with Gasteiger partial charge < -0.3 is 10.2 Å². The Morgan fingerprint density at radius 2 is 1.02 bits per heavy atom. The van der Waals surface area contributed by atoms with Crippen LogP contribution < -0.4 is 0 Å². The lowest BCUT2D eigenvalue weighted by Gasteiger charge is -2.21. The molecule has 0 spiro atoms. The summed E-state index contributed by atoms with van der Waals surface area (Å²) in [6, 6.07) is 38.6. The molecule has 9 heteroatoms. The summed E-state index contributed by atoms with van der Waals surface area (Å²) in [6.45, 7) is 0.220. The van der Waals surface area contributed by atoms with Crippen LogP contribution in [0, 0.1) is 22.3 Å². The molecule has 2 atom stereocenters. The number of benzene rings is 4. The van der Waals surface area contributed by atoms with E-state index in [1.54, 1.807) is 0 Å². The fourth-order valence-electron chi connectivity index (χ4n) is 4.40. The van der Waals surface area contributed by atoms with E-state index < -0.39 is 17.9 Å². The zero-order valence-electron chi connectivity index (χ0n) is 24.4.